The largest absolute Gasteiger partial charge is 0.322 e. The molecular formula is C12H21N. The first-order valence-electron chi connectivity index (χ1n) is 5.59. The monoisotopic (exact) mass is 179 g/mol. The molecule has 74 valence electrons. The zero-order chi connectivity index (χ0) is 9.47. The Morgan fingerprint density at radius 3 is 2.15 bits per heavy atom. The van der Waals surface area contributed by atoms with Crippen molar-refractivity contribution in [2.75, 3.05) is 0 Å². The summed E-state index contributed by atoms with van der Waals surface area (Å²) in [5.74, 6) is 2.53. The molecule has 2 aliphatic carbocycles. The Morgan fingerprint density at radius 2 is 1.69 bits per heavy atom. The summed E-state index contributed by atoms with van der Waals surface area (Å²) >= 11 is 0. The molecule has 0 bridgehead atoms. The Morgan fingerprint density at radius 1 is 1.15 bits per heavy atom. The van der Waals surface area contributed by atoms with Gasteiger partial charge in [0.25, 0.3) is 0 Å². The van der Waals surface area contributed by atoms with E-state index in [-0.39, 0.29) is 5.54 Å². The molecule has 0 amide bonds. The van der Waals surface area contributed by atoms with Gasteiger partial charge < -0.3 is 5.73 Å². The summed E-state index contributed by atoms with van der Waals surface area (Å²) in [6.45, 7) is 4.74. The molecule has 2 atom stereocenters. The fraction of sp³-hybridized carbons (Fsp3) is 0.833. The second-order valence-electron chi connectivity index (χ2n) is 5.20. The van der Waals surface area contributed by atoms with E-state index in [0.29, 0.717) is 0 Å². The van der Waals surface area contributed by atoms with Crippen LogP contribution in [0.5, 0.6) is 0 Å². The van der Waals surface area contributed by atoms with Crippen LogP contribution in [0.2, 0.25) is 0 Å². The van der Waals surface area contributed by atoms with Crippen molar-refractivity contribution in [3.63, 3.8) is 0 Å². The molecule has 1 heteroatoms. The molecule has 0 spiro atoms. The molecular weight excluding hydrogens is 158 g/mol. The minimum atomic E-state index is 0.0992. The second kappa shape index (κ2) is 3.13. The number of allylic oxidation sites excluding steroid dienone is 1. The van der Waals surface area contributed by atoms with Gasteiger partial charge in [0, 0.05) is 5.54 Å². The maximum Gasteiger partial charge on any atom is 0.0340 e. The molecule has 2 aliphatic rings. The van der Waals surface area contributed by atoms with Gasteiger partial charge in [0.2, 0.25) is 0 Å². The van der Waals surface area contributed by atoms with E-state index in [1.54, 1.807) is 0 Å². The van der Waals surface area contributed by atoms with E-state index in [9.17, 15) is 0 Å². The third kappa shape index (κ3) is 1.96. The molecule has 1 nitrogen and oxygen atoms in total. The third-order valence-electron chi connectivity index (χ3n) is 3.87. The number of nitrogens with two attached hydrogens (primary N) is 1. The van der Waals surface area contributed by atoms with Gasteiger partial charge in [-0.25, -0.2) is 0 Å². The molecule has 2 unspecified atom stereocenters. The molecule has 13 heavy (non-hydrogen) atoms. The summed E-state index contributed by atoms with van der Waals surface area (Å²) in [6, 6.07) is 0. The van der Waals surface area contributed by atoms with Crippen molar-refractivity contribution in [3.05, 3.63) is 12.2 Å². The predicted octanol–water partition coefficient (Wildman–Crippen LogP) is 2.72. The number of rotatable bonds is 2. The van der Waals surface area contributed by atoms with Gasteiger partial charge in [0.1, 0.15) is 0 Å². The zero-order valence-electron chi connectivity index (χ0n) is 8.79. The lowest BCUT2D eigenvalue weighted by atomic mass is 9.90. The van der Waals surface area contributed by atoms with Gasteiger partial charge in [-0.2, -0.15) is 0 Å². The second-order valence-corrected chi connectivity index (χ2v) is 5.20. The smallest absolute Gasteiger partial charge is 0.0340 e. The Kier molecular flexibility index (Phi) is 2.23. The lowest BCUT2D eigenvalue weighted by Crippen LogP contribution is -2.19. The highest BCUT2D eigenvalue weighted by atomic mass is 14.8. The lowest BCUT2D eigenvalue weighted by Gasteiger charge is -2.15. The van der Waals surface area contributed by atoms with Gasteiger partial charge in [0.05, 0.1) is 0 Å². The topological polar surface area (TPSA) is 26.0 Å². The SMILES string of the molecule is CC1CCC(C)C1C=CC1(N)CC1. The first-order valence-corrected chi connectivity index (χ1v) is 5.59. The molecule has 0 aromatic carbocycles. The maximum absolute atomic E-state index is 6.03. The van der Waals surface area contributed by atoms with E-state index in [1.807, 2.05) is 0 Å². The van der Waals surface area contributed by atoms with Gasteiger partial charge in [-0.05, 0) is 43.4 Å². The van der Waals surface area contributed by atoms with Crippen LogP contribution in [0.25, 0.3) is 0 Å². The van der Waals surface area contributed by atoms with Crippen molar-refractivity contribution in [2.45, 2.75) is 45.1 Å². The van der Waals surface area contributed by atoms with E-state index < -0.39 is 0 Å². The fourth-order valence-electron chi connectivity index (χ4n) is 2.46. The van der Waals surface area contributed by atoms with E-state index >= 15 is 0 Å². The summed E-state index contributed by atoms with van der Waals surface area (Å²) in [7, 11) is 0. The van der Waals surface area contributed by atoms with Crippen molar-refractivity contribution in [3.8, 4) is 0 Å². The Bertz CT molecular complexity index is 205. The Labute approximate surface area is 81.4 Å². The number of hydrogen-bond acceptors (Lipinski definition) is 1. The summed E-state index contributed by atoms with van der Waals surface area (Å²) in [6.07, 6.45) is 9.85. The van der Waals surface area contributed by atoms with Gasteiger partial charge in [-0.1, -0.05) is 26.0 Å². The van der Waals surface area contributed by atoms with Crippen LogP contribution >= 0.6 is 0 Å². The first kappa shape index (κ1) is 9.26. The van der Waals surface area contributed by atoms with Crippen LogP contribution in [0.3, 0.4) is 0 Å². The van der Waals surface area contributed by atoms with Crippen LogP contribution in [-0.2, 0) is 0 Å². The molecule has 0 aliphatic heterocycles. The van der Waals surface area contributed by atoms with E-state index in [0.717, 1.165) is 17.8 Å². The average Bonchev–Trinajstić information content (AvgIpc) is 2.72. The van der Waals surface area contributed by atoms with E-state index in [4.69, 9.17) is 5.73 Å². The Balaban J connectivity index is 1.96. The van der Waals surface area contributed by atoms with Crippen LogP contribution in [0.1, 0.15) is 39.5 Å². The van der Waals surface area contributed by atoms with Crippen molar-refractivity contribution in [1.82, 2.24) is 0 Å². The van der Waals surface area contributed by atoms with E-state index in [1.165, 1.54) is 25.7 Å². The lowest BCUT2D eigenvalue weighted by molar-refractivity contribution is 0.424. The Hall–Kier alpha value is -0.300. The number of hydrogen-bond donors (Lipinski definition) is 1. The van der Waals surface area contributed by atoms with Gasteiger partial charge in [0.15, 0.2) is 0 Å². The summed E-state index contributed by atoms with van der Waals surface area (Å²) in [5.41, 5.74) is 6.13. The van der Waals surface area contributed by atoms with Gasteiger partial charge >= 0.3 is 0 Å². The summed E-state index contributed by atoms with van der Waals surface area (Å²) < 4.78 is 0. The molecule has 2 N–H and O–H groups in total. The van der Waals surface area contributed by atoms with Crippen LogP contribution in [0, 0.1) is 17.8 Å². The quantitative estimate of drug-likeness (QED) is 0.648. The summed E-state index contributed by atoms with van der Waals surface area (Å²) in [4.78, 5) is 0. The van der Waals surface area contributed by atoms with Crippen molar-refractivity contribution in [1.29, 1.82) is 0 Å². The minimum absolute atomic E-state index is 0.0992. The molecule has 0 aromatic rings. The zero-order valence-corrected chi connectivity index (χ0v) is 8.79. The highest BCUT2D eigenvalue weighted by Gasteiger charge is 2.36. The van der Waals surface area contributed by atoms with Crippen molar-refractivity contribution >= 4 is 0 Å². The standard InChI is InChI=1S/C12H21N/c1-9-3-4-10(2)11(9)5-6-12(13)7-8-12/h5-6,9-11H,3-4,7-8,13H2,1-2H3. The van der Waals surface area contributed by atoms with Crippen molar-refractivity contribution < 1.29 is 0 Å². The van der Waals surface area contributed by atoms with Gasteiger partial charge in [-0.15, -0.1) is 0 Å². The normalized spacial score (nSPS) is 42.8. The third-order valence-corrected chi connectivity index (χ3v) is 3.87. The molecule has 0 aromatic heterocycles. The van der Waals surface area contributed by atoms with Crippen LogP contribution in [0.15, 0.2) is 12.2 Å². The molecule has 0 saturated heterocycles. The fourth-order valence-corrected chi connectivity index (χ4v) is 2.46. The average molecular weight is 179 g/mol. The highest BCUT2D eigenvalue weighted by Crippen LogP contribution is 2.40. The molecule has 2 saturated carbocycles. The van der Waals surface area contributed by atoms with Crippen LogP contribution in [-0.4, -0.2) is 5.54 Å². The maximum atomic E-state index is 6.03. The first-order chi connectivity index (χ1) is 6.11. The molecule has 0 radical (unpaired) electrons. The van der Waals surface area contributed by atoms with Crippen LogP contribution < -0.4 is 5.73 Å². The van der Waals surface area contributed by atoms with Crippen LogP contribution in [0.4, 0.5) is 0 Å². The minimum Gasteiger partial charge on any atom is -0.322 e. The summed E-state index contributed by atoms with van der Waals surface area (Å²) in [5, 5.41) is 0. The molecule has 2 fully saturated rings. The van der Waals surface area contributed by atoms with Crippen molar-refractivity contribution in [2.24, 2.45) is 23.5 Å². The highest BCUT2D eigenvalue weighted by molar-refractivity contribution is 5.16. The predicted molar refractivity (Wildman–Crippen MR) is 56.3 cm³/mol. The molecule has 0 heterocycles. The van der Waals surface area contributed by atoms with Gasteiger partial charge in [-0.3, -0.25) is 0 Å². The molecule has 2 rings (SSSR count). The van der Waals surface area contributed by atoms with E-state index in [2.05, 4.69) is 26.0 Å².